The lowest BCUT2D eigenvalue weighted by Crippen LogP contribution is -2.42. The van der Waals surface area contributed by atoms with Gasteiger partial charge in [-0.25, -0.2) is 0 Å². The van der Waals surface area contributed by atoms with E-state index in [1.54, 1.807) is 0 Å². The fourth-order valence-electron chi connectivity index (χ4n) is 5.65. The molecule has 164 valence electrons. The molecule has 0 spiro atoms. The highest BCUT2D eigenvalue weighted by Gasteiger charge is 2.47. The van der Waals surface area contributed by atoms with Crippen molar-refractivity contribution < 1.29 is 0 Å². The summed E-state index contributed by atoms with van der Waals surface area (Å²) in [5, 5.41) is 2.93. The molecule has 30 heavy (non-hydrogen) atoms. The van der Waals surface area contributed by atoms with Crippen LogP contribution in [0.3, 0.4) is 0 Å². The Bertz CT molecular complexity index is 708. The van der Waals surface area contributed by atoms with Crippen LogP contribution in [0, 0.1) is 11.3 Å². The van der Waals surface area contributed by atoms with Gasteiger partial charge in [0.25, 0.3) is 0 Å². The maximum absolute atomic E-state index is 2.78. The van der Waals surface area contributed by atoms with E-state index in [9.17, 15) is 0 Å². The third-order valence-corrected chi connectivity index (χ3v) is 9.47. The molecule has 0 heterocycles. The lowest BCUT2D eigenvalue weighted by atomic mass is 9.75. The van der Waals surface area contributed by atoms with Crippen LogP contribution in [0.1, 0.15) is 52.4 Å². The van der Waals surface area contributed by atoms with Crippen LogP contribution in [0.15, 0.2) is 60.7 Å². The van der Waals surface area contributed by atoms with E-state index in [-0.39, 0.29) is 0 Å². The fourth-order valence-corrected chi connectivity index (χ4v) is 8.16. The number of hydrogen-bond acceptors (Lipinski definition) is 2. The molecule has 3 atom stereocenters. The quantitative estimate of drug-likeness (QED) is 0.346. The highest BCUT2D eigenvalue weighted by Crippen LogP contribution is 2.52. The van der Waals surface area contributed by atoms with E-state index >= 15 is 0 Å². The second kappa shape index (κ2) is 10.9. The number of benzene rings is 2. The van der Waals surface area contributed by atoms with Gasteiger partial charge in [0.15, 0.2) is 0 Å². The second-order valence-electron chi connectivity index (χ2n) is 9.66. The van der Waals surface area contributed by atoms with Crippen LogP contribution in [0.2, 0.25) is 0 Å². The number of rotatable bonds is 10. The Kier molecular flexibility index (Phi) is 8.52. The van der Waals surface area contributed by atoms with E-state index < -0.39 is 8.07 Å². The van der Waals surface area contributed by atoms with Crippen LogP contribution in [0.5, 0.6) is 0 Å². The maximum Gasteiger partial charge on any atom is 0.0281 e. The van der Waals surface area contributed by atoms with Crippen molar-refractivity contribution in [1.29, 1.82) is 0 Å². The minimum Gasteiger partial charge on any atom is -0.309 e. The molecule has 2 aromatic carbocycles. The van der Waals surface area contributed by atoms with Crippen molar-refractivity contribution in [3.63, 3.8) is 0 Å². The van der Waals surface area contributed by atoms with Crippen molar-refractivity contribution in [2.75, 3.05) is 27.7 Å². The summed E-state index contributed by atoms with van der Waals surface area (Å²) in [4.78, 5) is 2.41. The largest absolute Gasteiger partial charge is 0.309 e. The van der Waals surface area contributed by atoms with Gasteiger partial charge in [-0.1, -0.05) is 93.8 Å². The van der Waals surface area contributed by atoms with Crippen LogP contribution < -0.4 is 10.6 Å². The molecular formula is C27H41N2P. The maximum atomic E-state index is 2.78. The molecule has 1 aliphatic carbocycles. The summed E-state index contributed by atoms with van der Waals surface area (Å²) in [6, 6.07) is 23.0. The highest BCUT2D eigenvalue weighted by atomic mass is 31.1. The highest BCUT2D eigenvalue weighted by molar-refractivity contribution is 7.70. The molecule has 3 unspecified atom stereocenters. The summed E-state index contributed by atoms with van der Waals surface area (Å²) < 4.78 is 2.78. The summed E-state index contributed by atoms with van der Waals surface area (Å²) in [5.41, 5.74) is 0.407. The standard InChI is InChI=1S/C27H41N2P/c1-6-7-10-19-25-26(20-21-27(25,2)22-28(3)4)29(5)30(23-15-11-8-12-16-23)24-17-13-9-14-18-24/h8-9,11-18,25-26H,6-7,10,19-22H2,1-5H3. The van der Waals surface area contributed by atoms with Crippen molar-refractivity contribution in [3.8, 4) is 0 Å². The van der Waals surface area contributed by atoms with Crippen molar-refractivity contribution >= 4 is 18.7 Å². The van der Waals surface area contributed by atoms with Crippen molar-refractivity contribution in [1.82, 2.24) is 9.57 Å². The van der Waals surface area contributed by atoms with E-state index in [1.165, 1.54) is 55.7 Å². The van der Waals surface area contributed by atoms with Crippen molar-refractivity contribution in [3.05, 3.63) is 60.7 Å². The molecule has 1 fully saturated rings. The van der Waals surface area contributed by atoms with E-state index in [0.717, 1.165) is 5.92 Å². The molecule has 3 heteroatoms. The predicted molar refractivity (Wildman–Crippen MR) is 134 cm³/mol. The van der Waals surface area contributed by atoms with Gasteiger partial charge in [0.1, 0.15) is 0 Å². The number of nitrogens with zero attached hydrogens (tertiary/aromatic N) is 2. The van der Waals surface area contributed by atoms with E-state index in [1.807, 2.05) is 0 Å². The molecule has 0 N–H and O–H groups in total. The summed E-state index contributed by atoms with van der Waals surface area (Å²) >= 11 is 0. The molecule has 0 saturated heterocycles. The van der Waals surface area contributed by atoms with Crippen molar-refractivity contribution in [2.45, 2.75) is 58.4 Å². The van der Waals surface area contributed by atoms with Crippen LogP contribution in [-0.4, -0.2) is 43.3 Å². The molecule has 1 aliphatic rings. The molecule has 0 amide bonds. The molecular weight excluding hydrogens is 383 g/mol. The monoisotopic (exact) mass is 424 g/mol. The molecule has 2 nitrogen and oxygen atoms in total. The van der Waals surface area contributed by atoms with Crippen LogP contribution in [0.4, 0.5) is 0 Å². The first-order valence-electron chi connectivity index (χ1n) is 11.7. The summed E-state index contributed by atoms with van der Waals surface area (Å²) in [6.07, 6.45) is 8.04. The van der Waals surface area contributed by atoms with Gasteiger partial charge in [-0.05, 0) is 62.3 Å². The molecule has 0 aliphatic heterocycles. The Morgan fingerprint density at radius 1 is 0.900 bits per heavy atom. The van der Waals surface area contributed by atoms with Crippen LogP contribution in [-0.2, 0) is 0 Å². The van der Waals surface area contributed by atoms with E-state index in [0.29, 0.717) is 11.5 Å². The van der Waals surface area contributed by atoms with Gasteiger partial charge < -0.3 is 4.90 Å². The van der Waals surface area contributed by atoms with Gasteiger partial charge in [-0.2, -0.15) is 0 Å². The smallest absolute Gasteiger partial charge is 0.0281 e. The zero-order valence-corrected chi connectivity index (χ0v) is 20.6. The Labute approximate surface area is 186 Å². The Morgan fingerprint density at radius 3 is 1.97 bits per heavy atom. The molecule has 2 aromatic rings. The zero-order chi connectivity index (χ0) is 21.6. The summed E-state index contributed by atoms with van der Waals surface area (Å²) in [7, 11) is 6.38. The third-order valence-electron chi connectivity index (χ3n) is 6.96. The van der Waals surface area contributed by atoms with Crippen LogP contribution >= 0.6 is 8.07 Å². The predicted octanol–water partition coefficient (Wildman–Crippen LogP) is 5.89. The first kappa shape index (κ1) is 23.5. The molecule has 1 saturated carbocycles. The zero-order valence-electron chi connectivity index (χ0n) is 19.7. The first-order valence-corrected chi connectivity index (χ1v) is 13.0. The van der Waals surface area contributed by atoms with Gasteiger partial charge in [0.05, 0.1) is 0 Å². The van der Waals surface area contributed by atoms with Gasteiger partial charge in [-0.3, -0.25) is 4.67 Å². The third kappa shape index (κ3) is 5.52. The molecule has 0 bridgehead atoms. The van der Waals surface area contributed by atoms with Gasteiger partial charge in [-0.15, -0.1) is 0 Å². The molecule has 3 rings (SSSR count). The van der Waals surface area contributed by atoms with Crippen LogP contribution in [0.25, 0.3) is 0 Å². The average molecular weight is 425 g/mol. The Morgan fingerprint density at radius 2 is 1.47 bits per heavy atom. The summed E-state index contributed by atoms with van der Waals surface area (Å²) in [5.74, 6) is 0.758. The lowest BCUT2D eigenvalue weighted by Gasteiger charge is -2.42. The fraction of sp³-hybridized carbons (Fsp3) is 0.556. The van der Waals surface area contributed by atoms with Crippen molar-refractivity contribution in [2.24, 2.45) is 11.3 Å². The Hall–Kier alpha value is -1.21. The minimum atomic E-state index is -0.510. The first-order chi connectivity index (χ1) is 14.5. The normalized spacial score (nSPS) is 24.3. The summed E-state index contributed by atoms with van der Waals surface area (Å²) in [6.45, 7) is 6.08. The second-order valence-corrected chi connectivity index (χ2v) is 11.9. The van der Waals surface area contributed by atoms with E-state index in [4.69, 9.17) is 0 Å². The van der Waals surface area contributed by atoms with Gasteiger partial charge in [0, 0.05) is 20.7 Å². The Balaban J connectivity index is 1.92. The number of hydrogen-bond donors (Lipinski definition) is 0. The SMILES string of the molecule is CCCCCC1C(N(C)P(c2ccccc2)c2ccccc2)CCC1(C)CN(C)C. The number of unbranched alkanes of at least 4 members (excludes halogenated alkanes) is 2. The van der Waals surface area contributed by atoms with Gasteiger partial charge in [0.2, 0.25) is 0 Å². The minimum absolute atomic E-state index is 0.407. The molecule has 0 aromatic heterocycles. The van der Waals surface area contributed by atoms with E-state index in [2.05, 4.69) is 105 Å². The molecule has 0 radical (unpaired) electrons. The van der Waals surface area contributed by atoms with Gasteiger partial charge >= 0.3 is 0 Å². The topological polar surface area (TPSA) is 6.48 Å². The lowest BCUT2D eigenvalue weighted by molar-refractivity contribution is 0.124. The average Bonchev–Trinajstić information content (AvgIpc) is 3.05.